The summed E-state index contributed by atoms with van der Waals surface area (Å²) in [5.41, 5.74) is 4.60. The van der Waals surface area contributed by atoms with Gasteiger partial charge in [0, 0.05) is 36.8 Å². The minimum Gasteiger partial charge on any atom is -0.357 e. The summed E-state index contributed by atoms with van der Waals surface area (Å²) < 4.78 is 2.05. The van der Waals surface area contributed by atoms with Crippen LogP contribution >= 0.6 is 35.7 Å². The van der Waals surface area contributed by atoms with Gasteiger partial charge in [0.15, 0.2) is 5.96 Å². The van der Waals surface area contributed by atoms with E-state index in [0.29, 0.717) is 6.54 Å². The van der Waals surface area contributed by atoms with Crippen LogP contribution in [0.2, 0.25) is 0 Å². The molecule has 0 bridgehead atoms. The van der Waals surface area contributed by atoms with E-state index in [9.17, 15) is 0 Å². The van der Waals surface area contributed by atoms with Crippen LogP contribution < -0.4 is 10.6 Å². The van der Waals surface area contributed by atoms with E-state index in [1.54, 1.807) is 11.8 Å². The van der Waals surface area contributed by atoms with Crippen LogP contribution in [0, 0.1) is 6.92 Å². The number of aliphatic imine (C=N–C) groups is 1. The Hall–Kier alpha value is -1.74. The number of rotatable bonds is 7. The molecule has 5 nitrogen and oxygen atoms in total. The van der Waals surface area contributed by atoms with Crippen LogP contribution in [-0.4, -0.2) is 34.7 Å². The summed E-state index contributed by atoms with van der Waals surface area (Å²) in [4.78, 5) is 10.7. The van der Waals surface area contributed by atoms with Crippen molar-refractivity contribution in [3.8, 4) is 0 Å². The number of guanidine groups is 1. The highest BCUT2D eigenvalue weighted by molar-refractivity contribution is 14.0. The number of pyridine rings is 1. The summed E-state index contributed by atoms with van der Waals surface area (Å²) in [6.45, 7) is 6.50. The van der Waals surface area contributed by atoms with Crippen molar-refractivity contribution in [2.45, 2.75) is 31.7 Å². The molecule has 0 amide bonds. The summed E-state index contributed by atoms with van der Waals surface area (Å²) in [6.07, 6.45) is 7.07. The van der Waals surface area contributed by atoms with Gasteiger partial charge in [0.05, 0.1) is 12.2 Å². The maximum Gasteiger partial charge on any atom is 0.191 e. The molecule has 0 spiro atoms. The molecular weight excluding hydrogens is 481 g/mol. The Balaban J connectivity index is 0.00000280. The Morgan fingerprint density at radius 3 is 2.82 bits per heavy atom. The van der Waals surface area contributed by atoms with Gasteiger partial charge in [-0.2, -0.15) is 0 Å². The van der Waals surface area contributed by atoms with Gasteiger partial charge in [0.1, 0.15) is 5.65 Å². The number of nitrogens with one attached hydrogen (secondary N) is 2. The molecule has 0 saturated heterocycles. The summed E-state index contributed by atoms with van der Waals surface area (Å²) in [5, 5.41) is 6.74. The highest BCUT2D eigenvalue weighted by Crippen LogP contribution is 2.22. The van der Waals surface area contributed by atoms with E-state index in [0.717, 1.165) is 36.8 Å². The molecule has 0 fully saturated rings. The van der Waals surface area contributed by atoms with Crippen LogP contribution in [0.1, 0.15) is 23.7 Å². The lowest BCUT2D eigenvalue weighted by Gasteiger charge is -2.12. The number of aryl methyl sites for hydroxylation is 1. The number of halogens is 1. The van der Waals surface area contributed by atoms with Crippen molar-refractivity contribution in [2.24, 2.45) is 4.99 Å². The molecule has 2 N–H and O–H groups in total. The molecule has 0 unspecified atom stereocenters. The molecule has 0 aliphatic heterocycles. The summed E-state index contributed by atoms with van der Waals surface area (Å²) in [5.74, 6) is 0.842. The lowest BCUT2D eigenvalue weighted by molar-refractivity contribution is 0.790. The molecule has 0 atom stereocenters. The maximum atomic E-state index is 4.75. The first-order valence-corrected chi connectivity index (χ1v) is 10.5. The van der Waals surface area contributed by atoms with Crippen molar-refractivity contribution in [1.82, 2.24) is 20.0 Å². The molecule has 0 aliphatic rings. The standard InChI is InChI=1S/C21H27N5S.HI/c1-4-22-21(24-14-17-9-8-16(2)13-19(17)27-3)23-11-10-18-15-26-12-6-5-7-20(26)25-18;/h5-9,12-13,15H,4,10-11,14H2,1-3H3,(H2,22,23,24);1H. The number of imidazole rings is 1. The largest absolute Gasteiger partial charge is 0.357 e. The number of hydrogen-bond donors (Lipinski definition) is 2. The monoisotopic (exact) mass is 509 g/mol. The zero-order chi connectivity index (χ0) is 19.1. The summed E-state index contributed by atoms with van der Waals surface area (Å²) in [7, 11) is 0. The van der Waals surface area contributed by atoms with Crippen LogP contribution in [0.5, 0.6) is 0 Å². The first kappa shape index (κ1) is 22.5. The van der Waals surface area contributed by atoms with Crippen molar-refractivity contribution in [3.05, 3.63) is 65.6 Å². The fourth-order valence-corrected chi connectivity index (χ4v) is 3.60. The van der Waals surface area contributed by atoms with E-state index >= 15 is 0 Å². The fourth-order valence-electron chi connectivity index (χ4n) is 2.90. The number of fused-ring (bicyclic) bond motifs is 1. The molecular formula is C21H28IN5S. The fraction of sp³-hybridized carbons (Fsp3) is 0.333. The zero-order valence-corrected chi connectivity index (χ0v) is 19.8. The van der Waals surface area contributed by atoms with Gasteiger partial charge < -0.3 is 15.0 Å². The van der Waals surface area contributed by atoms with Crippen molar-refractivity contribution >= 4 is 47.3 Å². The van der Waals surface area contributed by atoms with E-state index < -0.39 is 0 Å². The summed E-state index contributed by atoms with van der Waals surface area (Å²) in [6, 6.07) is 12.6. The van der Waals surface area contributed by atoms with Crippen molar-refractivity contribution in [1.29, 1.82) is 0 Å². The van der Waals surface area contributed by atoms with E-state index in [4.69, 9.17) is 4.99 Å². The second-order valence-corrected chi connectivity index (χ2v) is 7.23. The van der Waals surface area contributed by atoms with Gasteiger partial charge in [0.25, 0.3) is 0 Å². The maximum absolute atomic E-state index is 4.75. The van der Waals surface area contributed by atoms with Gasteiger partial charge in [-0.05, 0) is 49.4 Å². The number of benzene rings is 1. The number of hydrogen-bond acceptors (Lipinski definition) is 3. The van der Waals surface area contributed by atoms with Gasteiger partial charge in [-0.1, -0.05) is 18.2 Å². The molecule has 7 heteroatoms. The molecule has 3 aromatic rings. The number of thioether (sulfide) groups is 1. The van der Waals surface area contributed by atoms with E-state index in [1.165, 1.54) is 16.0 Å². The molecule has 0 saturated carbocycles. The zero-order valence-electron chi connectivity index (χ0n) is 16.6. The lowest BCUT2D eigenvalue weighted by Crippen LogP contribution is -2.38. The normalized spacial score (nSPS) is 11.3. The van der Waals surface area contributed by atoms with Crippen molar-refractivity contribution in [3.63, 3.8) is 0 Å². The topological polar surface area (TPSA) is 53.7 Å². The van der Waals surface area contributed by atoms with E-state index in [2.05, 4.69) is 64.5 Å². The molecule has 2 aromatic heterocycles. The molecule has 0 radical (unpaired) electrons. The predicted octanol–water partition coefficient (Wildman–Crippen LogP) is 4.28. The van der Waals surface area contributed by atoms with Crippen LogP contribution in [0.4, 0.5) is 0 Å². The number of aromatic nitrogens is 2. The first-order valence-electron chi connectivity index (χ1n) is 9.28. The van der Waals surface area contributed by atoms with Crippen molar-refractivity contribution < 1.29 is 0 Å². The number of nitrogens with zero attached hydrogens (tertiary/aromatic N) is 3. The van der Waals surface area contributed by atoms with Gasteiger partial charge in [0.2, 0.25) is 0 Å². The summed E-state index contributed by atoms with van der Waals surface area (Å²) >= 11 is 1.77. The molecule has 150 valence electrons. The molecule has 0 aliphatic carbocycles. The minimum atomic E-state index is 0. The first-order chi connectivity index (χ1) is 13.2. The van der Waals surface area contributed by atoms with Gasteiger partial charge >= 0.3 is 0 Å². The smallest absolute Gasteiger partial charge is 0.191 e. The van der Waals surface area contributed by atoms with Crippen LogP contribution in [-0.2, 0) is 13.0 Å². The third-order valence-electron chi connectivity index (χ3n) is 4.28. The quantitative estimate of drug-likeness (QED) is 0.216. The third-order valence-corrected chi connectivity index (χ3v) is 5.10. The average Bonchev–Trinajstić information content (AvgIpc) is 3.09. The second kappa shape index (κ2) is 11.3. The molecule has 3 rings (SSSR count). The Labute approximate surface area is 188 Å². The third kappa shape index (κ3) is 6.13. The Kier molecular flexibility index (Phi) is 9.11. The average molecular weight is 509 g/mol. The second-order valence-electron chi connectivity index (χ2n) is 6.39. The Morgan fingerprint density at radius 2 is 2.07 bits per heavy atom. The Bertz CT molecular complexity index is 889. The van der Waals surface area contributed by atoms with Crippen LogP contribution in [0.25, 0.3) is 5.65 Å². The van der Waals surface area contributed by atoms with Gasteiger partial charge in [-0.3, -0.25) is 0 Å². The van der Waals surface area contributed by atoms with E-state index in [-0.39, 0.29) is 24.0 Å². The predicted molar refractivity (Wildman–Crippen MR) is 130 cm³/mol. The van der Waals surface area contributed by atoms with Crippen LogP contribution in [0.15, 0.2) is 58.7 Å². The van der Waals surface area contributed by atoms with Gasteiger partial charge in [-0.15, -0.1) is 35.7 Å². The molecule has 28 heavy (non-hydrogen) atoms. The minimum absolute atomic E-state index is 0. The highest BCUT2D eigenvalue weighted by Gasteiger charge is 2.04. The highest BCUT2D eigenvalue weighted by atomic mass is 127. The van der Waals surface area contributed by atoms with Crippen LogP contribution in [0.3, 0.4) is 0 Å². The Morgan fingerprint density at radius 1 is 1.21 bits per heavy atom. The molecule has 1 aromatic carbocycles. The lowest BCUT2D eigenvalue weighted by atomic mass is 10.1. The molecule has 2 heterocycles. The van der Waals surface area contributed by atoms with E-state index in [1.807, 2.05) is 24.4 Å². The SMILES string of the molecule is CCNC(=NCc1ccc(C)cc1SC)NCCc1cn2ccccc2n1.I. The van der Waals surface area contributed by atoms with Gasteiger partial charge in [-0.25, -0.2) is 9.98 Å². The van der Waals surface area contributed by atoms with Crippen molar-refractivity contribution in [2.75, 3.05) is 19.3 Å².